The molecule has 0 radical (unpaired) electrons. The Hall–Kier alpha value is -3.34. The summed E-state index contributed by atoms with van der Waals surface area (Å²) < 4.78 is 74.6. The molecule has 1 amide bonds. The van der Waals surface area contributed by atoms with E-state index in [4.69, 9.17) is 27.9 Å². The second kappa shape index (κ2) is 9.51. The number of carbonyl (C=O) groups excluding carboxylic acids is 1. The van der Waals surface area contributed by atoms with Crippen LogP contribution in [0.2, 0.25) is 10.0 Å². The van der Waals surface area contributed by atoms with Gasteiger partial charge in [-0.1, -0.05) is 41.4 Å². The van der Waals surface area contributed by atoms with Crippen molar-refractivity contribution >= 4 is 34.8 Å². The number of hydrazine groups is 1. The number of ether oxygens (including phenoxy) is 1. The van der Waals surface area contributed by atoms with Crippen molar-refractivity contribution in [3.8, 4) is 11.5 Å². The number of benzene rings is 3. The number of fused-ring (bicyclic) bond motifs is 1. The van der Waals surface area contributed by atoms with E-state index in [2.05, 4.69) is 10.7 Å². The highest BCUT2D eigenvalue weighted by Crippen LogP contribution is 2.42. The standard InChI is InChI=1S/C25H16Cl2F5N3O2/c26-18-5-4-13(7-19(18)27)22-23(25(30,31)32)34-35-21(36)11-20(33-24(22)35)12-2-1-3-16(6-12)37-17-9-14(28)8-15(29)10-17/h1-11,22-24,33-34H. The maximum Gasteiger partial charge on any atom is 0.406 e. The fraction of sp³-hybridized carbons (Fsp3) is 0.160. The first-order chi connectivity index (χ1) is 17.5. The van der Waals surface area contributed by atoms with E-state index in [0.717, 1.165) is 23.2 Å². The number of nitrogens with zero attached hydrogens (tertiary/aromatic N) is 1. The smallest absolute Gasteiger partial charge is 0.406 e. The lowest BCUT2D eigenvalue weighted by Crippen LogP contribution is -2.53. The van der Waals surface area contributed by atoms with Crippen LogP contribution in [0.5, 0.6) is 11.5 Å². The van der Waals surface area contributed by atoms with E-state index in [1.165, 1.54) is 30.3 Å². The first-order valence-corrected chi connectivity index (χ1v) is 11.6. The lowest BCUT2D eigenvalue weighted by Gasteiger charge is -2.33. The summed E-state index contributed by atoms with van der Waals surface area (Å²) in [5.41, 5.74) is 3.14. The predicted octanol–water partition coefficient (Wildman–Crippen LogP) is 6.40. The predicted molar refractivity (Wildman–Crippen MR) is 127 cm³/mol. The van der Waals surface area contributed by atoms with Gasteiger partial charge in [0.1, 0.15) is 35.3 Å². The van der Waals surface area contributed by atoms with Crippen molar-refractivity contribution in [3.05, 3.63) is 99.5 Å². The van der Waals surface area contributed by atoms with Crippen LogP contribution in [0.4, 0.5) is 22.0 Å². The van der Waals surface area contributed by atoms with Crippen LogP contribution >= 0.6 is 23.2 Å². The number of halogens is 7. The van der Waals surface area contributed by atoms with Gasteiger partial charge < -0.3 is 10.1 Å². The van der Waals surface area contributed by atoms with Crippen molar-refractivity contribution in [1.82, 2.24) is 15.8 Å². The lowest BCUT2D eigenvalue weighted by molar-refractivity contribution is -0.161. The maximum absolute atomic E-state index is 14.0. The van der Waals surface area contributed by atoms with Crippen LogP contribution in [0.1, 0.15) is 17.0 Å². The van der Waals surface area contributed by atoms with E-state index in [1.54, 1.807) is 12.1 Å². The fourth-order valence-corrected chi connectivity index (χ4v) is 4.70. The Morgan fingerprint density at radius 3 is 2.30 bits per heavy atom. The molecule has 5 nitrogen and oxygen atoms in total. The highest BCUT2D eigenvalue weighted by atomic mass is 35.5. The number of amides is 1. The van der Waals surface area contributed by atoms with Crippen LogP contribution in [0.25, 0.3) is 5.70 Å². The second-order valence-corrected chi connectivity index (χ2v) is 9.25. The van der Waals surface area contributed by atoms with E-state index >= 15 is 0 Å². The summed E-state index contributed by atoms with van der Waals surface area (Å²) in [5, 5.41) is 4.16. The average molecular weight is 556 g/mol. The molecule has 3 unspecified atom stereocenters. The summed E-state index contributed by atoms with van der Waals surface area (Å²) in [6.45, 7) is 0. The minimum atomic E-state index is -4.69. The third-order valence-electron chi connectivity index (χ3n) is 5.96. The van der Waals surface area contributed by atoms with Crippen molar-refractivity contribution in [1.29, 1.82) is 0 Å². The molecule has 0 spiro atoms. The monoisotopic (exact) mass is 555 g/mol. The van der Waals surface area contributed by atoms with Gasteiger partial charge in [-0.15, -0.1) is 0 Å². The van der Waals surface area contributed by atoms with Crippen LogP contribution in [0.3, 0.4) is 0 Å². The van der Waals surface area contributed by atoms with Crippen LogP contribution in [0.15, 0.2) is 66.7 Å². The Kier molecular flexibility index (Phi) is 6.51. The molecule has 1 saturated heterocycles. The van der Waals surface area contributed by atoms with Gasteiger partial charge in [0.2, 0.25) is 0 Å². The Morgan fingerprint density at radius 2 is 1.62 bits per heavy atom. The van der Waals surface area contributed by atoms with Gasteiger partial charge in [-0.2, -0.15) is 13.2 Å². The summed E-state index contributed by atoms with van der Waals surface area (Å²) >= 11 is 12.0. The quantitative estimate of drug-likeness (QED) is 0.366. The van der Waals surface area contributed by atoms with E-state index < -0.39 is 41.8 Å². The number of hydrogen-bond donors (Lipinski definition) is 2. The van der Waals surface area contributed by atoms with Gasteiger partial charge in [0.25, 0.3) is 5.91 Å². The van der Waals surface area contributed by atoms with Crippen molar-refractivity contribution in [2.45, 2.75) is 24.3 Å². The van der Waals surface area contributed by atoms with E-state index in [9.17, 15) is 26.7 Å². The number of carbonyl (C=O) groups is 1. The zero-order valence-electron chi connectivity index (χ0n) is 18.5. The Balaban J connectivity index is 1.47. The van der Waals surface area contributed by atoms with Crippen LogP contribution in [0, 0.1) is 11.6 Å². The maximum atomic E-state index is 14.0. The molecule has 3 aromatic rings. The highest BCUT2D eigenvalue weighted by molar-refractivity contribution is 6.42. The molecule has 2 N–H and O–H groups in total. The molecule has 2 heterocycles. The molecule has 12 heteroatoms. The summed E-state index contributed by atoms with van der Waals surface area (Å²) in [5.74, 6) is -3.51. The molecule has 3 atom stereocenters. The molecule has 1 fully saturated rings. The van der Waals surface area contributed by atoms with Crippen molar-refractivity contribution in [3.63, 3.8) is 0 Å². The molecule has 37 heavy (non-hydrogen) atoms. The van der Waals surface area contributed by atoms with Gasteiger partial charge >= 0.3 is 6.18 Å². The van der Waals surface area contributed by atoms with Gasteiger partial charge in [-0.3, -0.25) is 9.80 Å². The van der Waals surface area contributed by atoms with Gasteiger partial charge in [0.05, 0.1) is 16.0 Å². The molecule has 0 saturated carbocycles. The zero-order valence-corrected chi connectivity index (χ0v) is 20.0. The third-order valence-corrected chi connectivity index (χ3v) is 6.70. The van der Waals surface area contributed by atoms with Gasteiger partial charge in [0.15, 0.2) is 0 Å². The minimum absolute atomic E-state index is 0.0788. The van der Waals surface area contributed by atoms with E-state index in [0.29, 0.717) is 11.6 Å². The van der Waals surface area contributed by atoms with Gasteiger partial charge in [-0.25, -0.2) is 14.2 Å². The Labute approximate surface area is 217 Å². The Morgan fingerprint density at radius 1 is 0.892 bits per heavy atom. The number of rotatable bonds is 4. The topological polar surface area (TPSA) is 53.6 Å². The summed E-state index contributed by atoms with van der Waals surface area (Å²) in [6, 6.07) is 11.0. The molecule has 0 aliphatic carbocycles. The first-order valence-electron chi connectivity index (χ1n) is 10.8. The van der Waals surface area contributed by atoms with Crippen molar-refractivity contribution in [2.24, 2.45) is 0 Å². The fourth-order valence-electron chi connectivity index (χ4n) is 4.39. The average Bonchev–Trinajstić information content (AvgIpc) is 3.21. The van der Waals surface area contributed by atoms with Gasteiger partial charge in [0, 0.05) is 35.5 Å². The molecule has 0 bridgehead atoms. The minimum Gasteiger partial charge on any atom is -0.457 e. The number of hydrogen-bond acceptors (Lipinski definition) is 4. The Bertz CT molecular complexity index is 1400. The number of nitrogens with one attached hydrogen (secondary N) is 2. The SMILES string of the molecule is O=C1C=C(c2cccc(Oc3cc(F)cc(F)c3)c2)NC2C(c3ccc(Cl)c(Cl)c3)C(C(F)(F)F)NN12. The lowest BCUT2D eigenvalue weighted by atomic mass is 9.89. The summed E-state index contributed by atoms with van der Waals surface area (Å²) in [7, 11) is 0. The molecule has 192 valence electrons. The molecular weight excluding hydrogens is 540 g/mol. The van der Waals surface area contributed by atoms with Crippen LogP contribution in [-0.4, -0.2) is 29.3 Å². The van der Waals surface area contributed by atoms with Crippen LogP contribution in [-0.2, 0) is 4.79 Å². The normalized spacial score (nSPS) is 21.4. The second-order valence-electron chi connectivity index (χ2n) is 8.44. The van der Waals surface area contributed by atoms with E-state index in [1.807, 2.05) is 0 Å². The largest absolute Gasteiger partial charge is 0.457 e. The van der Waals surface area contributed by atoms with Crippen molar-refractivity contribution in [2.75, 3.05) is 0 Å². The molecule has 3 aromatic carbocycles. The molecule has 2 aliphatic heterocycles. The van der Waals surface area contributed by atoms with Crippen molar-refractivity contribution < 1.29 is 31.5 Å². The highest BCUT2D eigenvalue weighted by Gasteiger charge is 2.57. The summed E-state index contributed by atoms with van der Waals surface area (Å²) in [4.78, 5) is 12.9. The van der Waals surface area contributed by atoms with Crippen LogP contribution < -0.4 is 15.5 Å². The number of alkyl halides is 3. The summed E-state index contributed by atoms with van der Waals surface area (Å²) in [6.07, 6.45) is -4.67. The van der Waals surface area contributed by atoms with E-state index in [-0.39, 0.29) is 32.8 Å². The molecular formula is C25H16Cl2F5N3O2. The molecule has 2 aliphatic rings. The first kappa shape index (κ1) is 25.3. The third kappa shape index (κ3) is 5.09. The van der Waals surface area contributed by atoms with Gasteiger partial charge in [-0.05, 0) is 29.8 Å². The zero-order chi connectivity index (χ0) is 26.5. The molecule has 0 aromatic heterocycles. The molecule has 5 rings (SSSR count).